The molecule has 20 heavy (non-hydrogen) atoms. The number of nitrogens with zero attached hydrogens (tertiary/aromatic N) is 2. The standard InChI is InChI=1S/C17H33N3/c1-17(2,3)14-4-6-15(7-5-14)20-12-16(13-20)19-10-8-18-9-11-19/h14-16,18H,4-13H2,1-3H3. The molecule has 3 nitrogen and oxygen atoms in total. The maximum Gasteiger partial charge on any atom is 0.0351 e. The van der Waals surface area contributed by atoms with Crippen molar-refractivity contribution >= 4 is 0 Å². The first kappa shape index (κ1) is 14.8. The Morgan fingerprint density at radius 2 is 1.40 bits per heavy atom. The molecule has 2 aliphatic heterocycles. The van der Waals surface area contributed by atoms with Crippen LogP contribution in [-0.2, 0) is 0 Å². The van der Waals surface area contributed by atoms with Gasteiger partial charge in [0.25, 0.3) is 0 Å². The van der Waals surface area contributed by atoms with Gasteiger partial charge in [-0.3, -0.25) is 9.80 Å². The molecule has 2 heterocycles. The summed E-state index contributed by atoms with van der Waals surface area (Å²) in [7, 11) is 0. The van der Waals surface area contributed by atoms with Gasteiger partial charge in [-0.05, 0) is 37.0 Å². The Morgan fingerprint density at radius 1 is 0.800 bits per heavy atom. The first-order valence-corrected chi connectivity index (χ1v) is 8.73. The van der Waals surface area contributed by atoms with Crippen LogP contribution in [0.2, 0.25) is 0 Å². The minimum atomic E-state index is 0.517. The molecule has 0 amide bonds. The number of rotatable bonds is 2. The van der Waals surface area contributed by atoms with Gasteiger partial charge in [0, 0.05) is 51.4 Å². The molecule has 3 rings (SSSR count). The Hall–Kier alpha value is -0.120. The predicted molar refractivity (Wildman–Crippen MR) is 85.0 cm³/mol. The molecule has 0 bridgehead atoms. The van der Waals surface area contributed by atoms with Crippen molar-refractivity contribution in [2.75, 3.05) is 39.3 Å². The number of hydrogen-bond acceptors (Lipinski definition) is 3. The van der Waals surface area contributed by atoms with Crippen LogP contribution in [0.1, 0.15) is 46.5 Å². The van der Waals surface area contributed by atoms with Gasteiger partial charge in [-0.2, -0.15) is 0 Å². The molecule has 0 aromatic heterocycles. The minimum absolute atomic E-state index is 0.517. The fraction of sp³-hybridized carbons (Fsp3) is 1.00. The summed E-state index contributed by atoms with van der Waals surface area (Å²) >= 11 is 0. The summed E-state index contributed by atoms with van der Waals surface area (Å²) < 4.78 is 0. The Kier molecular flexibility index (Phi) is 4.40. The predicted octanol–water partition coefficient (Wildman–Crippen LogP) is 2.18. The molecule has 3 fully saturated rings. The normalized spacial score (nSPS) is 35.0. The number of hydrogen-bond donors (Lipinski definition) is 1. The van der Waals surface area contributed by atoms with E-state index in [9.17, 15) is 0 Å². The van der Waals surface area contributed by atoms with E-state index < -0.39 is 0 Å². The summed E-state index contributed by atoms with van der Waals surface area (Å²) in [6.45, 7) is 14.8. The SMILES string of the molecule is CC(C)(C)C1CCC(N2CC(N3CCNCC3)C2)CC1. The summed E-state index contributed by atoms with van der Waals surface area (Å²) in [6, 6.07) is 1.75. The van der Waals surface area contributed by atoms with Crippen molar-refractivity contribution in [1.82, 2.24) is 15.1 Å². The third-order valence-electron chi connectivity index (χ3n) is 6.00. The van der Waals surface area contributed by atoms with Crippen LogP contribution in [0.3, 0.4) is 0 Å². The summed E-state index contributed by atoms with van der Waals surface area (Å²) in [6.07, 6.45) is 5.78. The van der Waals surface area contributed by atoms with Gasteiger partial charge < -0.3 is 5.32 Å². The summed E-state index contributed by atoms with van der Waals surface area (Å²) in [5.41, 5.74) is 0.517. The van der Waals surface area contributed by atoms with Gasteiger partial charge in [0.2, 0.25) is 0 Å². The van der Waals surface area contributed by atoms with E-state index in [4.69, 9.17) is 0 Å². The lowest BCUT2D eigenvalue weighted by atomic mass is 9.71. The van der Waals surface area contributed by atoms with Crippen molar-refractivity contribution in [2.24, 2.45) is 11.3 Å². The van der Waals surface area contributed by atoms with Crippen molar-refractivity contribution in [3.63, 3.8) is 0 Å². The first-order valence-electron chi connectivity index (χ1n) is 8.73. The number of nitrogens with one attached hydrogen (secondary N) is 1. The van der Waals surface area contributed by atoms with Crippen molar-refractivity contribution < 1.29 is 0 Å². The van der Waals surface area contributed by atoms with Crippen LogP contribution in [-0.4, -0.2) is 61.2 Å². The molecule has 0 aromatic carbocycles. The van der Waals surface area contributed by atoms with E-state index >= 15 is 0 Å². The van der Waals surface area contributed by atoms with Crippen molar-refractivity contribution in [1.29, 1.82) is 0 Å². The first-order chi connectivity index (χ1) is 9.54. The topological polar surface area (TPSA) is 18.5 Å². The number of piperazine rings is 1. The summed E-state index contributed by atoms with van der Waals surface area (Å²) in [5, 5.41) is 3.46. The second-order valence-electron chi connectivity index (χ2n) is 8.27. The highest BCUT2D eigenvalue weighted by molar-refractivity contribution is 4.95. The third kappa shape index (κ3) is 3.20. The molecular weight excluding hydrogens is 246 g/mol. The molecule has 3 heteroatoms. The molecule has 1 saturated carbocycles. The largest absolute Gasteiger partial charge is 0.314 e. The van der Waals surface area contributed by atoms with Gasteiger partial charge in [0.1, 0.15) is 0 Å². The zero-order valence-electron chi connectivity index (χ0n) is 13.7. The highest BCUT2D eigenvalue weighted by Crippen LogP contribution is 2.39. The second-order valence-corrected chi connectivity index (χ2v) is 8.27. The smallest absolute Gasteiger partial charge is 0.0351 e. The molecule has 0 aromatic rings. The average Bonchev–Trinajstić information content (AvgIpc) is 2.38. The zero-order chi connectivity index (χ0) is 14.2. The van der Waals surface area contributed by atoms with Gasteiger partial charge in [-0.15, -0.1) is 0 Å². The van der Waals surface area contributed by atoms with Crippen LogP contribution in [0.25, 0.3) is 0 Å². The molecule has 2 saturated heterocycles. The Morgan fingerprint density at radius 3 is 1.95 bits per heavy atom. The molecule has 116 valence electrons. The molecule has 1 aliphatic carbocycles. The second kappa shape index (κ2) is 5.94. The highest BCUT2D eigenvalue weighted by Gasteiger charge is 2.38. The van der Waals surface area contributed by atoms with Crippen molar-refractivity contribution in [2.45, 2.75) is 58.5 Å². The lowest BCUT2D eigenvalue weighted by Crippen LogP contribution is -2.65. The van der Waals surface area contributed by atoms with Crippen LogP contribution in [0.5, 0.6) is 0 Å². The van der Waals surface area contributed by atoms with Crippen LogP contribution in [0, 0.1) is 11.3 Å². The van der Waals surface area contributed by atoms with E-state index in [2.05, 4.69) is 35.9 Å². The van der Waals surface area contributed by atoms with Crippen molar-refractivity contribution in [3.05, 3.63) is 0 Å². The van der Waals surface area contributed by atoms with Gasteiger partial charge in [0.05, 0.1) is 0 Å². The van der Waals surface area contributed by atoms with E-state index in [-0.39, 0.29) is 0 Å². The quantitative estimate of drug-likeness (QED) is 0.836. The number of likely N-dealkylation sites (tertiary alicyclic amines) is 1. The van der Waals surface area contributed by atoms with Crippen molar-refractivity contribution in [3.8, 4) is 0 Å². The van der Waals surface area contributed by atoms with Gasteiger partial charge >= 0.3 is 0 Å². The minimum Gasteiger partial charge on any atom is -0.314 e. The molecule has 3 aliphatic rings. The molecule has 0 spiro atoms. The monoisotopic (exact) mass is 279 g/mol. The van der Waals surface area contributed by atoms with Crippen LogP contribution in [0.4, 0.5) is 0 Å². The van der Waals surface area contributed by atoms with Gasteiger partial charge in [0.15, 0.2) is 0 Å². The summed E-state index contributed by atoms with van der Waals surface area (Å²) in [4.78, 5) is 5.47. The molecule has 0 atom stereocenters. The fourth-order valence-corrected chi connectivity index (χ4v) is 4.37. The van der Waals surface area contributed by atoms with E-state index in [1.807, 2.05) is 0 Å². The fourth-order valence-electron chi connectivity index (χ4n) is 4.37. The van der Waals surface area contributed by atoms with Gasteiger partial charge in [-0.25, -0.2) is 0 Å². The molecule has 0 radical (unpaired) electrons. The maximum atomic E-state index is 3.46. The Balaban J connectivity index is 1.40. The van der Waals surface area contributed by atoms with E-state index in [0.29, 0.717) is 5.41 Å². The maximum absolute atomic E-state index is 3.46. The molecular formula is C17H33N3. The highest BCUT2D eigenvalue weighted by atomic mass is 15.3. The third-order valence-corrected chi connectivity index (χ3v) is 6.00. The van der Waals surface area contributed by atoms with E-state index in [0.717, 1.165) is 18.0 Å². The summed E-state index contributed by atoms with van der Waals surface area (Å²) in [5.74, 6) is 0.948. The van der Waals surface area contributed by atoms with E-state index in [1.165, 1.54) is 65.0 Å². The Bertz CT molecular complexity index is 303. The lowest BCUT2D eigenvalue weighted by molar-refractivity contribution is -0.0196. The lowest BCUT2D eigenvalue weighted by Gasteiger charge is -2.51. The zero-order valence-corrected chi connectivity index (χ0v) is 13.7. The molecule has 1 N–H and O–H groups in total. The van der Waals surface area contributed by atoms with Crippen LogP contribution < -0.4 is 5.32 Å². The van der Waals surface area contributed by atoms with Crippen LogP contribution in [0.15, 0.2) is 0 Å². The van der Waals surface area contributed by atoms with Crippen LogP contribution >= 0.6 is 0 Å². The van der Waals surface area contributed by atoms with Gasteiger partial charge in [-0.1, -0.05) is 20.8 Å². The Labute approximate surface area is 125 Å². The van der Waals surface area contributed by atoms with E-state index in [1.54, 1.807) is 0 Å². The molecule has 0 unspecified atom stereocenters. The average molecular weight is 279 g/mol.